The van der Waals surface area contributed by atoms with E-state index < -0.39 is 10.0 Å². The Kier molecular flexibility index (Phi) is 4.20. The lowest BCUT2D eigenvalue weighted by molar-refractivity contribution is 0.417. The highest BCUT2D eigenvalue weighted by molar-refractivity contribution is 9.10. The van der Waals surface area contributed by atoms with Gasteiger partial charge in [0.1, 0.15) is 5.75 Å². The van der Waals surface area contributed by atoms with Crippen molar-refractivity contribution in [2.24, 2.45) is 0 Å². The monoisotopic (exact) mass is 356 g/mol. The smallest absolute Gasteiger partial charge is 0.261 e. The van der Waals surface area contributed by atoms with Gasteiger partial charge in [-0.1, -0.05) is 22.0 Å². The van der Waals surface area contributed by atoms with E-state index in [1.54, 1.807) is 24.3 Å². The summed E-state index contributed by atoms with van der Waals surface area (Å²) in [5.74, 6) is 0.496. The van der Waals surface area contributed by atoms with Crippen molar-refractivity contribution in [3.05, 3.63) is 46.9 Å². The molecule has 106 valence electrons. The molecule has 0 atom stereocenters. The summed E-state index contributed by atoms with van der Waals surface area (Å²) in [7, 11) is -2.15. The number of hydrogen-bond donors (Lipinski definition) is 2. The fourth-order valence-corrected chi connectivity index (χ4v) is 3.29. The van der Waals surface area contributed by atoms with Crippen molar-refractivity contribution in [2.45, 2.75) is 4.90 Å². The van der Waals surface area contributed by atoms with Gasteiger partial charge in [-0.3, -0.25) is 4.72 Å². The average molecular weight is 357 g/mol. The molecule has 0 amide bonds. The fourth-order valence-electron chi connectivity index (χ4n) is 1.65. The number of nitrogens with one attached hydrogen (secondary N) is 1. The van der Waals surface area contributed by atoms with Crippen LogP contribution in [0.4, 0.5) is 11.4 Å². The van der Waals surface area contributed by atoms with E-state index >= 15 is 0 Å². The first-order valence-corrected chi connectivity index (χ1v) is 7.92. The highest BCUT2D eigenvalue weighted by Crippen LogP contribution is 2.26. The summed E-state index contributed by atoms with van der Waals surface area (Å²) >= 11 is 3.24. The molecule has 0 saturated carbocycles. The molecular formula is C13H13BrN2O3S. The number of rotatable bonds is 4. The summed E-state index contributed by atoms with van der Waals surface area (Å²) in [5, 5.41) is 0. The highest BCUT2D eigenvalue weighted by Gasteiger charge is 2.15. The van der Waals surface area contributed by atoms with E-state index in [4.69, 9.17) is 10.5 Å². The third-order valence-electron chi connectivity index (χ3n) is 2.59. The highest BCUT2D eigenvalue weighted by atomic mass is 79.9. The molecule has 0 heterocycles. The Balaban J connectivity index is 2.31. The van der Waals surface area contributed by atoms with E-state index in [1.807, 2.05) is 0 Å². The number of sulfonamides is 1. The summed E-state index contributed by atoms with van der Waals surface area (Å²) in [4.78, 5) is 0.168. The number of benzene rings is 2. The zero-order chi connectivity index (χ0) is 14.8. The second-order valence-electron chi connectivity index (χ2n) is 4.02. The number of halogens is 1. The second-order valence-corrected chi connectivity index (χ2v) is 6.62. The second kappa shape index (κ2) is 5.72. The first-order chi connectivity index (χ1) is 9.42. The van der Waals surface area contributed by atoms with E-state index in [1.165, 1.54) is 25.3 Å². The topological polar surface area (TPSA) is 81.4 Å². The van der Waals surface area contributed by atoms with Crippen LogP contribution in [0.15, 0.2) is 51.8 Å². The van der Waals surface area contributed by atoms with Gasteiger partial charge < -0.3 is 10.5 Å². The van der Waals surface area contributed by atoms with E-state index in [-0.39, 0.29) is 4.90 Å². The molecule has 0 unspecified atom stereocenters. The molecule has 2 aromatic carbocycles. The van der Waals surface area contributed by atoms with E-state index in [0.717, 1.165) is 0 Å². The quantitative estimate of drug-likeness (QED) is 0.825. The molecule has 0 saturated heterocycles. The molecule has 0 bridgehead atoms. The Morgan fingerprint density at radius 1 is 1.20 bits per heavy atom. The number of nitrogens with two attached hydrogens (primary N) is 1. The van der Waals surface area contributed by atoms with Gasteiger partial charge in [0, 0.05) is 4.47 Å². The minimum Gasteiger partial charge on any atom is -0.495 e. The number of methoxy groups -OCH3 is 1. The van der Waals surface area contributed by atoms with Gasteiger partial charge in [0.05, 0.1) is 23.4 Å². The van der Waals surface area contributed by atoms with E-state index in [9.17, 15) is 8.42 Å². The Bertz CT molecular complexity index is 732. The van der Waals surface area contributed by atoms with Gasteiger partial charge in [0.2, 0.25) is 0 Å². The summed E-state index contributed by atoms with van der Waals surface area (Å²) in [6.45, 7) is 0. The van der Waals surface area contributed by atoms with Crippen LogP contribution < -0.4 is 15.2 Å². The van der Waals surface area contributed by atoms with Crippen molar-refractivity contribution < 1.29 is 13.2 Å². The molecule has 0 spiro atoms. The lowest BCUT2D eigenvalue weighted by atomic mass is 10.2. The summed E-state index contributed by atoms with van der Waals surface area (Å²) in [6, 6.07) is 11.1. The van der Waals surface area contributed by atoms with Crippen molar-refractivity contribution in [2.75, 3.05) is 17.6 Å². The Hall–Kier alpha value is -1.73. The maximum Gasteiger partial charge on any atom is 0.261 e. The van der Waals surface area contributed by atoms with E-state index in [2.05, 4.69) is 20.7 Å². The number of ether oxygens (including phenoxy) is 1. The molecule has 0 fully saturated rings. The van der Waals surface area contributed by atoms with Gasteiger partial charge in [-0.05, 0) is 36.4 Å². The fraction of sp³-hybridized carbons (Fsp3) is 0.0769. The minimum absolute atomic E-state index is 0.168. The third kappa shape index (κ3) is 3.23. The predicted molar refractivity (Wildman–Crippen MR) is 82.4 cm³/mol. The van der Waals surface area contributed by atoms with Gasteiger partial charge in [-0.2, -0.15) is 0 Å². The van der Waals surface area contributed by atoms with Crippen LogP contribution in [0.2, 0.25) is 0 Å². The maximum absolute atomic E-state index is 12.2. The molecule has 0 aromatic heterocycles. The van der Waals surface area contributed by atoms with Crippen LogP contribution in [0.25, 0.3) is 0 Å². The van der Waals surface area contributed by atoms with Crippen LogP contribution in [0.3, 0.4) is 0 Å². The number of nitrogen functional groups attached to an aromatic ring is 1. The molecule has 20 heavy (non-hydrogen) atoms. The Morgan fingerprint density at radius 2 is 1.95 bits per heavy atom. The van der Waals surface area contributed by atoms with Crippen molar-refractivity contribution in [1.29, 1.82) is 0 Å². The molecule has 3 N–H and O–H groups in total. The van der Waals surface area contributed by atoms with Gasteiger partial charge in [0.25, 0.3) is 10.0 Å². The molecule has 2 aromatic rings. The standard InChI is InChI=1S/C13H13BrN2O3S/c1-19-13-6-5-10(8-12(13)15)16-20(17,18)11-4-2-3-9(14)7-11/h2-8,16H,15H2,1H3. The van der Waals surface area contributed by atoms with Crippen molar-refractivity contribution in [3.63, 3.8) is 0 Å². The largest absolute Gasteiger partial charge is 0.495 e. The van der Waals surface area contributed by atoms with Crippen molar-refractivity contribution >= 4 is 37.3 Å². The van der Waals surface area contributed by atoms with E-state index in [0.29, 0.717) is 21.6 Å². The zero-order valence-electron chi connectivity index (χ0n) is 10.6. The molecule has 0 aliphatic heterocycles. The summed E-state index contributed by atoms with van der Waals surface area (Å²) in [5.41, 5.74) is 6.49. The molecule has 2 rings (SSSR count). The molecular weight excluding hydrogens is 344 g/mol. The SMILES string of the molecule is COc1ccc(NS(=O)(=O)c2cccc(Br)c2)cc1N. The summed E-state index contributed by atoms with van der Waals surface area (Å²) in [6.07, 6.45) is 0. The lowest BCUT2D eigenvalue weighted by Gasteiger charge is -2.10. The summed E-state index contributed by atoms with van der Waals surface area (Å²) < 4.78 is 32.6. The zero-order valence-corrected chi connectivity index (χ0v) is 13.0. The molecule has 0 aliphatic carbocycles. The number of hydrogen-bond acceptors (Lipinski definition) is 4. The van der Waals surface area contributed by atoms with Gasteiger partial charge in [-0.15, -0.1) is 0 Å². The normalized spacial score (nSPS) is 11.1. The Labute approximate surface area is 125 Å². The minimum atomic E-state index is -3.65. The average Bonchev–Trinajstić information content (AvgIpc) is 2.38. The predicted octanol–water partition coefficient (Wildman–Crippen LogP) is 2.84. The molecule has 0 radical (unpaired) electrons. The van der Waals surface area contributed by atoms with Crippen molar-refractivity contribution in [1.82, 2.24) is 0 Å². The van der Waals surface area contributed by atoms with Crippen molar-refractivity contribution in [3.8, 4) is 5.75 Å². The Morgan fingerprint density at radius 3 is 2.55 bits per heavy atom. The van der Waals surface area contributed by atoms with Crippen LogP contribution in [-0.4, -0.2) is 15.5 Å². The van der Waals surface area contributed by atoms with Gasteiger partial charge >= 0.3 is 0 Å². The molecule has 0 aliphatic rings. The third-order valence-corrected chi connectivity index (χ3v) is 4.46. The van der Waals surface area contributed by atoms with Crippen LogP contribution in [-0.2, 0) is 10.0 Å². The van der Waals surface area contributed by atoms with Gasteiger partial charge in [0.15, 0.2) is 0 Å². The molecule has 7 heteroatoms. The first kappa shape index (κ1) is 14.7. The lowest BCUT2D eigenvalue weighted by Crippen LogP contribution is -2.13. The van der Waals surface area contributed by atoms with Crippen LogP contribution in [0.5, 0.6) is 5.75 Å². The van der Waals surface area contributed by atoms with Crippen LogP contribution in [0, 0.1) is 0 Å². The first-order valence-electron chi connectivity index (χ1n) is 5.64. The number of anilines is 2. The maximum atomic E-state index is 12.2. The molecule has 5 nitrogen and oxygen atoms in total. The van der Waals surface area contributed by atoms with Gasteiger partial charge in [-0.25, -0.2) is 8.42 Å². The van der Waals surface area contributed by atoms with Crippen LogP contribution >= 0.6 is 15.9 Å². The van der Waals surface area contributed by atoms with Crippen LogP contribution in [0.1, 0.15) is 0 Å².